The van der Waals surface area contributed by atoms with Crippen LogP contribution in [-0.2, 0) is 0 Å². The van der Waals surface area contributed by atoms with Crippen molar-refractivity contribution in [3.63, 3.8) is 0 Å². The Balaban J connectivity index is 2.83. The predicted octanol–water partition coefficient (Wildman–Crippen LogP) is 2.53. The quantitative estimate of drug-likeness (QED) is 0.761. The van der Waals surface area contributed by atoms with Crippen molar-refractivity contribution in [2.24, 2.45) is 0 Å². The minimum atomic E-state index is 0.276. The molecule has 1 rings (SSSR count). The highest BCUT2D eigenvalue weighted by Gasteiger charge is 2.15. The molecular formula is C11H21N3O. The van der Waals surface area contributed by atoms with Crippen LogP contribution in [0.2, 0.25) is 0 Å². The maximum absolute atomic E-state index is 5.92. The first-order chi connectivity index (χ1) is 7.07. The molecule has 0 saturated heterocycles. The highest BCUT2D eigenvalue weighted by Crippen LogP contribution is 2.27. The molecule has 4 heteroatoms. The summed E-state index contributed by atoms with van der Waals surface area (Å²) >= 11 is 0. The van der Waals surface area contributed by atoms with Crippen LogP contribution in [0.3, 0.4) is 0 Å². The number of hydrogen-bond donors (Lipinski definition) is 1. The molecule has 1 heterocycles. The highest BCUT2D eigenvalue weighted by atomic mass is 16.5. The zero-order chi connectivity index (χ0) is 11.4. The van der Waals surface area contributed by atoms with Crippen LogP contribution in [0.25, 0.3) is 0 Å². The lowest BCUT2D eigenvalue weighted by atomic mass is 10.3. The van der Waals surface area contributed by atoms with Gasteiger partial charge in [-0.25, -0.2) is 4.68 Å². The van der Waals surface area contributed by atoms with Crippen LogP contribution in [0.4, 0.5) is 5.69 Å². The summed E-state index contributed by atoms with van der Waals surface area (Å²) in [6.07, 6.45) is 2.16. The minimum absolute atomic E-state index is 0.276. The number of nitrogen functional groups attached to an aromatic ring is 1. The average Bonchev–Trinajstić information content (AvgIpc) is 2.46. The molecule has 4 nitrogen and oxygen atoms in total. The Morgan fingerprint density at radius 1 is 1.47 bits per heavy atom. The van der Waals surface area contributed by atoms with Crippen LogP contribution in [-0.4, -0.2) is 16.4 Å². The third-order valence-electron chi connectivity index (χ3n) is 2.31. The fourth-order valence-corrected chi connectivity index (χ4v) is 1.35. The van der Waals surface area contributed by atoms with Crippen LogP contribution < -0.4 is 10.5 Å². The van der Waals surface area contributed by atoms with E-state index in [1.165, 1.54) is 0 Å². The van der Waals surface area contributed by atoms with Crippen LogP contribution in [0.1, 0.15) is 45.3 Å². The Morgan fingerprint density at radius 2 is 2.13 bits per heavy atom. The summed E-state index contributed by atoms with van der Waals surface area (Å²) in [6.45, 7) is 8.88. The Kier molecular flexibility index (Phi) is 4.00. The van der Waals surface area contributed by atoms with Crippen molar-refractivity contribution in [1.29, 1.82) is 0 Å². The van der Waals surface area contributed by atoms with Gasteiger partial charge in [-0.15, -0.1) is 0 Å². The molecule has 0 unspecified atom stereocenters. The summed E-state index contributed by atoms with van der Waals surface area (Å²) in [5.74, 6) is 0.718. The zero-order valence-electron chi connectivity index (χ0n) is 10.1. The Bertz CT molecular complexity index is 318. The molecule has 0 amide bonds. The van der Waals surface area contributed by atoms with Crippen LogP contribution >= 0.6 is 0 Å². The van der Waals surface area contributed by atoms with Crippen molar-refractivity contribution >= 4 is 5.69 Å². The van der Waals surface area contributed by atoms with Gasteiger partial charge in [0, 0.05) is 0 Å². The molecule has 0 spiro atoms. The summed E-state index contributed by atoms with van der Waals surface area (Å²) in [5, 5.41) is 4.36. The van der Waals surface area contributed by atoms with Crippen molar-refractivity contribution in [3.8, 4) is 5.88 Å². The number of hydrogen-bond acceptors (Lipinski definition) is 3. The molecule has 1 aromatic heterocycles. The fraction of sp³-hybridized carbons (Fsp3) is 0.727. The molecule has 0 saturated carbocycles. The molecule has 0 bridgehead atoms. The molecule has 86 valence electrons. The van der Waals surface area contributed by atoms with Gasteiger partial charge in [-0.1, -0.05) is 13.3 Å². The first-order valence-corrected chi connectivity index (χ1v) is 5.55. The lowest BCUT2D eigenvalue weighted by Gasteiger charge is -2.12. The van der Waals surface area contributed by atoms with Gasteiger partial charge in [0.15, 0.2) is 0 Å². The largest absolute Gasteiger partial charge is 0.476 e. The average molecular weight is 211 g/mol. The van der Waals surface area contributed by atoms with Crippen LogP contribution in [0.5, 0.6) is 5.88 Å². The van der Waals surface area contributed by atoms with E-state index in [0.29, 0.717) is 12.3 Å². The first-order valence-electron chi connectivity index (χ1n) is 5.55. The molecule has 0 aliphatic heterocycles. The van der Waals surface area contributed by atoms with Crippen molar-refractivity contribution < 1.29 is 4.74 Å². The topological polar surface area (TPSA) is 53.1 Å². The van der Waals surface area contributed by atoms with E-state index in [1.807, 2.05) is 11.6 Å². The van der Waals surface area contributed by atoms with Gasteiger partial charge in [0.2, 0.25) is 5.88 Å². The van der Waals surface area contributed by atoms with Crippen molar-refractivity contribution in [2.45, 2.75) is 46.6 Å². The molecule has 0 radical (unpaired) electrons. The maximum atomic E-state index is 5.92. The number of anilines is 1. The number of ether oxygens (including phenoxy) is 1. The monoisotopic (exact) mass is 211 g/mol. The molecule has 0 aliphatic carbocycles. The lowest BCUT2D eigenvalue weighted by Crippen LogP contribution is -2.08. The van der Waals surface area contributed by atoms with E-state index in [0.717, 1.165) is 24.4 Å². The van der Waals surface area contributed by atoms with Gasteiger partial charge in [-0.3, -0.25) is 0 Å². The van der Waals surface area contributed by atoms with Crippen molar-refractivity contribution in [2.75, 3.05) is 12.3 Å². The van der Waals surface area contributed by atoms with Gasteiger partial charge >= 0.3 is 0 Å². The molecular weight excluding hydrogens is 190 g/mol. The summed E-state index contributed by atoms with van der Waals surface area (Å²) in [4.78, 5) is 0. The number of rotatable bonds is 5. The van der Waals surface area contributed by atoms with E-state index >= 15 is 0 Å². The van der Waals surface area contributed by atoms with Gasteiger partial charge in [-0.2, -0.15) is 5.10 Å². The molecule has 0 atom stereocenters. The second kappa shape index (κ2) is 5.05. The Morgan fingerprint density at radius 3 is 2.67 bits per heavy atom. The van der Waals surface area contributed by atoms with E-state index in [2.05, 4.69) is 25.9 Å². The maximum Gasteiger partial charge on any atom is 0.236 e. The highest BCUT2D eigenvalue weighted by molar-refractivity contribution is 5.52. The molecule has 0 aliphatic rings. The minimum Gasteiger partial charge on any atom is -0.476 e. The van der Waals surface area contributed by atoms with Crippen molar-refractivity contribution in [1.82, 2.24) is 9.78 Å². The summed E-state index contributed by atoms with van der Waals surface area (Å²) in [5.41, 5.74) is 7.42. The van der Waals surface area contributed by atoms with Crippen molar-refractivity contribution in [3.05, 3.63) is 5.69 Å². The number of nitrogens with zero attached hydrogens (tertiary/aromatic N) is 2. The summed E-state index contributed by atoms with van der Waals surface area (Å²) in [7, 11) is 0. The van der Waals surface area contributed by atoms with Gasteiger partial charge in [-0.05, 0) is 27.2 Å². The van der Waals surface area contributed by atoms with E-state index in [4.69, 9.17) is 10.5 Å². The number of unbranched alkanes of at least 4 members (excludes halogenated alkanes) is 1. The summed E-state index contributed by atoms with van der Waals surface area (Å²) in [6, 6.07) is 0.276. The second-order valence-electron chi connectivity index (χ2n) is 4.04. The van der Waals surface area contributed by atoms with Gasteiger partial charge in [0.1, 0.15) is 5.69 Å². The third kappa shape index (κ3) is 2.64. The van der Waals surface area contributed by atoms with Crippen LogP contribution in [0, 0.1) is 6.92 Å². The van der Waals surface area contributed by atoms with Crippen LogP contribution in [0.15, 0.2) is 0 Å². The zero-order valence-corrected chi connectivity index (χ0v) is 10.1. The summed E-state index contributed by atoms with van der Waals surface area (Å²) < 4.78 is 7.51. The molecule has 0 aromatic carbocycles. The van der Waals surface area contributed by atoms with Gasteiger partial charge in [0.05, 0.1) is 18.3 Å². The lowest BCUT2D eigenvalue weighted by molar-refractivity contribution is 0.271. The van der Waals surface area contributed by atoms with Gasteiger partial charge < -0.3 is 10.5 Å². The SMILES string of the molecule is CCCCOc1c(N)c(C)nn1C(C)C. The Hall–Kier alpha value is -1.19. The molecule has 1 aromatic rings. The fourth-order valence-electron chi connectivity index (χ4n) is 1.35. The standard InChI is InChI=1S/C11H21N3O/c1-5-6-7-15-11-10(12)9(4)13-14(11)8(2)3/h8H,5-7,12H2,1-4H3. The van der Waals surface area contributed by atoms with E-state index in [-0.39, 0.29) is 6.04 Å². The normalized spacial score (nSPS) is 11.0. The van der Waals surface area contributed by atoms with E-state index in [9.17, 15) is 0 Å². The molecule has 2 N–H and O–H groups in total. The number of aryl methyl sites for hydroxylation is 1. The predicted molar refractivity (Wildman–Crippen MR) is 62.2 cm³/mol. The number of aromatic nitrogens is 2. The molecule has 0 fully saturated rings. The molecule has 15 heavy (non-hydrogen) atoms. The second-order valence-corrected chi connectivity index (χ2v) is 4.04. The first kappa shape index (κ1) is 11.9. The third-order valence-corrected chi connectivity index (χ3v) is 2.31. The van der Waals surface area contributed by atoms with Gasteiger partial charge in [0.25, 0.3) is 0 Å². The number of nitrogens with two attached hydrogens (primary N) is 1. The Labute approximate surface area is 91.4 Å². The smallest absolute Gasteiger partial charge is 0.236 e. The van der Waals surface area contributed by atoms with E-state index in [1.54, 1.807) is 0 Å². The van der Waals surface area contributed by atoms with E-state index < -0.39 is 0 Å².